The average Bonchev–Trinajstić information content (AvgIpc) is 2.60. The van der Waals surface area contributed by atoms with Crippen LogP contribution in [0.2, 0.25) is 0 Å². The van der Waals surface area contributed by atoms with E-state index in [2.05, 4.69) is 6.07 Å². The Morgan fingerprint density at radius 1 is 1.09 bits per heavy atom. The number of nitriles is 1. The third-order valence-corrected chi connectivity index (χ3v) is 3.47. The zero-order chi connectivity index (χ0) is 16.7. The number of ether oxygens (including phenoxy) is 3. The maximum atomic E-state index is 13.5. The highest BCUT2D eigenvalue weighted by molar-refractivity contribution is 5.44. The molecule has 5 heteroatoms. The normalized spacial score (nSPS) is 11.4. The molecule has 0 aliphatic heterocycles. The van der Waals surface area contributed by atoms with Gasteiger partial charge in [0.2, 0.25) is 0 Å². The Bertz CT molecular complexity index is 697. The van der Waals surface area contributed by atoms with E-state index in [0.717, 1.165) is 5.56 Å². The van der Waals surface area contributed by atoms with Crippen molar-refractivity contribution in [1.29, 1.82) is 5.26 Å². The van der Waals surface area contributed by atoms with Crippen LogP contribution in [0.3, 0.4) is 0 Å². The van der Waals surface area contributed by atoms with Gasteiger partial charge in [0, 0.05) is 18.1 Å². The monoisotopic (exact) mass is 315 g/mol. The highest BCUT2D eigenvalue weighted by Gasteiger charge is 2.17. The SMILES string of the molecule is COc1ccc(C(C#N)CCOc2ccccc2F)c(OC)c1. The van der Waals surface area contributed by atoms with Crippen molar-refractivity contribution < 1.29 is 18.6 Å². The second kappa shape index (κ2) is 8.04. The average molecular weight is 315 g/mol. The molecule has 2 aromatic carbocycles. The van der Waals surface area contributed by atoms with Gasteiger partial charge in [-0.05, 0) is 18.2 Å². The molecule has 0 aliphatic carbocycles. The molecule has 2 rings (SSSR count). The Morgan fingerprint density at radius 3 is 2.52 bits per heavy atom. The molecule has 0 heterocycles. The Labute approximate surface area is 135 Å². The zero-order valence-electron chi connectivity index (χ0n) is 13.1. The lowest BCUT2D eigenvalue weighted by molar-refractivity contribution is 0.290. The first-order chi connectivity index (χ1) is 11.2. The molecule has 0 bridgehead atoms. The molecule has 2 aromatic rings. The molecule has 0 saturated heterocycles. The topological polar surface area (TPSA) is 51.5 Å². The minimum atomic E-state index is -0.414. The van der Waals surface area contributed by atoms with Crippen molar-refractivity contribution >= 4 is 0 Å². The summed E-state index contributed by atoms with van der Waals surface area (Å²) in [6.07, 6.45) is 0.424. The largest absolute Gasteiger partial charge is 0.497 e. The van der Waals surface area contributed by atoms with Crippen molar-refractivity contribution in [3.63, 3.8) is 0 Å². The van der Waals surface area contributed by atoms with Gasteiger partial charge in [0.05, 0.1) is 32.8 Å². The van der Waals surface area contributed by atoms with Crippen molar-refractivity contribution in [2.75, 3.05) is 20.8 Å². The smallest absolute Gasteiger partial charge is 0.165 e. The summed E-state index contributed by atoms with van der Waals surface area (Å²) in [6.45, 7) is 0.230. The first kappa shape index (κ1) is 16.6. The quantitative estimate of drug-likeness (QED) is 0.777. The van der Waals surface area contributed by atoms with Crippen LogP contribution in [-0.4, -0.2) is 20.8 Å². The van der Waals surface area contributed by atoms with E-state index < -0.39 is 11.7 Å². The molecule has 0 N–H and O–H groups in total. The molecule has 0 amide bonds. The summed E-state index contributed by atoms with van der Waals surface area (Å²) in [5.41, 5.74) is 0.757. The molecule has 0 radical (unpaired) electrons. The van der Waals surface area contributed by atoms with Gasteiger partial charge in [0.1, 0.15) is 11.5 Å². The first-order valence-corrected chi connectivity index (χ1v) is 7.18. The number of rotatable bonds is 7. The molecule has 23 heavy (non-hydrogen) atoms. The molecule has 4 nitrogen and oxygen atoms in total. The van der Waals surface area contributed by atoms with Gasteiger partial charge in [-0.3, -0.25) is 0 Å². The van der Waals surface area contributed by atoms with E-state index >= 15 is 0 Å². The molecule has 0 spiro atoms. The van der Waals surface area contributed by atoms with E-state index in [0.29, 0.717) is 17.9 Å². The fourth-order valence-electron chi connectivity index (χ4n) is 2.24. The first-order valence-electron chi connectivity index (χ1n) is 7.18. The lowest BCUT2D eigenvalue weighted by atomic mass is 9.96. The highest BCUT2D eigenvalue weighted by Crippen LogP contribution is 2.32. The summed E-state index contributed by atoms with van der Waals surface area (Å²) in [5, 5.41) is 9.41. The van der Waals surface area contributed by atoms with Crippen LogP contribution in [0.5, 0.6) is 17.2 Å². The summed E-state index contributed by atoms with van der Waals surface area (Å²) in [7, 11) is 3.11. The van der Waals surface area contributed by atoms with Gasteiger partial charge in [-0.1, -0.05) is 18.2 Å². The number of hydrogen-bond acceptors (Lipinski definition) is 4. The van der Waals surface area contributed by atoms with Crippen molar-refractivity contribution in [2.24, 2.45) is 0 Å². The molecule has 0 aromatic heterocycles. The highest BCUT2D eigenvalue weighted by atomic mass is 19.1. The number of nitrogens with zero attached hydrogens (tertiary/aromatic N) is 1. The molecule has 0 aliphatic rings. The third kappa shape index (κ3) is 4.13. The minimum Gasteiger partial charge on any atom is -0.497 e. The predicted octanol–water partition coefficient (Wildman–Crippen LogP) is 3.92. The summed E-state index contributed by atoms with van der Waals surface area (Å²) in [5.74, 6) is 0.600. The lowest BCUT2D eigenvalue weighted by Crippen LogP contribution is -2.07. The summed E-state index contributed by atoms with van der Waals surface area (Å²) in [6, 6.07) is 13.7. The van der Waals surface area contributed by atoms with Crippen molar-refractivity contribution in [2.45, 2.75) is 12.3 Å². The standard InChI is InChI=1S/C18H18FNO3/c1-21-14-7-8-15(18(11-14)22-2)13(12-20)9-10-23-17-6-4-3-5-16(17)19/h3-8,11,13H,9-10H2,1-2H3. The molecule has 120 valence electrons. The molecular formula is C18H18FNO3. The van der Waals surface area contributed by atoms with Crippen LogP contribution in [0.1, 0.15) is 17.9 Å². The fraction of sp³-hybridized carbons (Fsp3) is 0.278. The van der Waals surface area contributed by atoms with Crippen LogP contribution in [0.15, 0.2) is 42.5 Å². The van der Waals surface area contributed by atoms with Crippen LogP contribution in [0.4, 0.5) is 4.39 Å². The lowest BCUT2D eigenvalue weighted by Gasteiger charge is -2.15. The second-order valence-electron chi connectivity index (χ2n) is 4.86. The maximum Gasteiger partial charge on any atom is 0.165 e. The van der Waals surface area contributed by atoms with Crippen LogP contribution in [0.25, 0.3) is 0 Å². The van der Waals surface area contributed by atoms with Crippen molar-refractivity contribution in [1.82, 2.24) is 0 Å². The van der Waals surface area contributed by atoms with E-state index in [9.17, 15) is 9.65 Å². The van der Waals surface area contributed by atoms with Crippen molar-refractivity contribution in [3.05, 3.63) is 53.8 Å². The molecule has 0 fully saturated rings. The number of halogens is 1. The predicted molar refractivity (Wildman–Crippen MR) is 84.4 cm³/mol. The van der Waals surface area contributed by atoms with Gasteiger partial charge in [0.25, 0.3) is 0 Å². The van der Waals surface area contributed by atoms with Gasteiger partial charge in [-0.25, -0.2) is 4.39 Å². The van der Waals surface area contributed by atoms with Crippen LogP contribution >= 0.6 is 0 Å². The Morgan fingerprint density at radius 2 is 1.87 bits per heavy atom. The fourth-order valence-corrected chi connectivity index (χ4v) is 2.24. The van der Waals surface area contributed by atoms with Gasteiger partial charge >= 0.3 is 0 Å². The number of benzene rings is 2. The van der Waals surface area contributed by atoms with Crippen molar-refractivity contribution in [3.8, 4) is 23.3 Å². The Balaban J connectivity index is 2.06. The number of para-hydroxylation sites is 1. The van der Waals surface area contributed by atoms with E-state index in [-0.39, 0.29) is 12.4 Å². The molecule has 0 saturated carbocycles. The maximum absolute atomic E-state index is 13.5. The molecular weight excluding hydrogens is 297 g/mol. The van der Waals surface area contributed by atoms with E-state index in [1.165, 1.54) is 6.07 Å². The number of hydrogen-bond donors (Lipinski definition) is 0. The summed E-state index contributed by atoms with van der Waals surface area (Å²) < 4.78 is 29.4. The van der Waals surface area contributed by atoms with Gasteiger partial charge in [-0.15, -0.1) is 0 Å². The van der Waals surface area contributed by atoms with Gasteiger partial charge in [0.15, 0.2) is 11.6 Å². The Hall–Kier alpha value is -2.74. The van der Waals surface area contributed by atoms with Crippen LogP contribution in [-0.2, 0) is 0 Å². The minimum absolute atomic E-state index is 0.186. The molecule has 1 unspecified atom stereocenters. The third-order valence-electron chi connectivity index (χ3n) is 3.47. The van der Waals surface area contributed by atoms with E-state index in [1.807, 2.05) is 0 Å². The number of methoxy groups -OCH3 is 2. The van der Waals surface area contributed by atoms with Gasteiger partial charge in [-0.2, -0.15) is 5.26 Å². The van der Waals surface area contributed by atoms with Gasteiger partial charge < -0.3 is 14.2 Å². The summed E-state index contributed by atoms with van der Waals surface area (Å²) in [4.78, 5) is 0. The molecule has 1 atom stereocenters. The summed E-state index contributed by atoms with van der Waals surface area (Å²) >= 11 is 0. The second-order valence-corrected chi connectivity index (χ2v) is 4.86. The Kier molecular flexibility index (Phi) is 5.81. The van der Waals surface area contributed by atoms with Crippen LogP contribution < -0.4 is 14.2 Å². The van der Waals surface area contributed by atoms with E-state index in [4.69, 9.17) is 14.2 Å². The zero-order valence-corrected chi connectivity index (χ0v) is 13.1. The van der Waals surface area contributed by atoms with E-state index in [1.54, 1.807) is 50.6 Å². The van der Waals surface area contributed by atoms with Crippen LogP contribution in [0, 0.1) is 17.1 Å².